The van der Waals surface area contributed by atoms with E-state index < -0.39 is 10.0 Å². The molecule has 0 aliphatic carbocycles. The minimum absolute atomic E-state index is 0.0339. The number of nitrogens with zero attached hydrogens (tertiary/aromatic N) is 3. The van der Waals surface area contributed by atoms with Crippen LogP contribution in [0.25, 0.3) is 0 Å². The summed E-state index contributed by atoms with van der Waals surface area (Å²) < 4.78 is 27.4. The summed E-state index contributed by atoms with van der Waals surface area (Å²) in [6.07, 6.45) is 1.62. The van der Waals surface area contributed by atoms with Crippen molar-refractivity contribution in [3.8, 4) is 6.07 Å². The predicted molar refractivity (Wildman–Crippen MR) is 125 cm³/mol. The lowest BCUT2D eigenvalue weighted by molar-refractivity contribution is 0.0762. The molecule has 3 aromatic rings. The third-order valence-electron chi connectivity index (χ3n) is 4.95. The lowest BCUT2D eigenvalue weighted by Crippen LogP contribution is -2.31. The number of carbonyl (C=O) groups excluding carboxylic acids is 1. The summed E-state index contributed by atoms with van der Waals surface area (Å²) in [6, 6.07) is 23.8. The van der Waals surface area contributed by atoms with E-state index in [1.54, 1.807) is 71.6 Å². The van der Waals surface area contributed by atoms with Gasteiger partial charge in [0.2, 0.25) is 0 Å². The summed E-state index contributed by atoms with van der Waals surface area (Å²) in [5.41, 5.74) is 2.18. The standard InChI is InChI=1S/C25H23N3O3S/c1-3-16-28(19-21-14-12-20(18-26)13-15-21)25(29)22-8-7-11-24(17-22)32(30,31)27(2)23-9-5-4-6-10-23/h3-15,17H,1,16,19H2,2H3. The molecule has 0 heterocycles. The third-order valence-corrected chi connectivity index (χ3v) is 6.73. The van der Waals surface area contributed by atoms with Gasteiger partial charge in [-0.1, -0.05) is 42.5 Å². The predicted octanol–water partition coefficient (Wildman–Crippen LogP) is 4.21. The van der Waals surface area contributed by atoms with Crippen LogP contribution in [-0.2, 0) is 16.6 Å². The van der Waals surface area contributed by atoms with Crippen LogP contribution < -0.4 is 4.31 Å². The summed E-state index contributed by atoms with van der Waals surface area (Å²) in [5, 5.41) is 8.95. The third kappa shape index (κ3) is 5.05. The van der Waals surface area contributed by atoms with Crippen molar-refractivity contribution in [2.75, 3.05) is 17.9 Å². The van der Waals surface area contributed by atoms with E-state index in [2.05, 4.69) is 12.6 Å². The molecule has 0 N–H and O–H groups in total. The molecule has 0 saturated carbocycles. The highest BCUT2D eigenvalue weighted by Gasteiger charge is 2.23. The van der Waals surface area contributed by atoms with Crippen molar-refractivity contribution in [2.24, 2.45) is 0 Å². The van der Waals surface area contributed by atoms with Gasteiger partial charge in [0, 0.05) is 25.7 Å². The first-order valence-electron chi connectivity index (χ1n) is 9.90. The zero-order chi connectivity index (χ0) is 23.1. The van der Waals surface area contributed by atoms with Crippen molar-refractivity contribution in [3.05, 3.63) is 108 Å². The smallest absolute Gasteiger partial charge is 0.264 e. The first-order chi connectivity index (χ1) is 15.4. The van der Waals surface area contributed by atoms with Crippen molar-refractivity contribution in [2.45, 2.75) is 11.4 Å². The second-order valence-corrected chi connectivity index (χ2v) is 9.09. The van der Waals surface area contributed by atoms with Crippen molar-refractivity contribution < 1.29 is 13.2 Å². The second kappa shape index (κ2) is 9.94. The Morgan fingerprint density at radius 3 is 2.34 bits per heavy atom. The number of rotatable bonds is 8. The first-order valence-corrected chi connectivity index (χ1v) is 11.3. The summed E-state index contributed by atoms with van der Waals surface area (Å²) >= 11 is 0. The highest BCUT2D eigenvalue weighted by molar-refractivity contribution is 7.92. The molecule has 32 heavy (non-hydrogen) atoms. The van der Waals surface area contributed by atoms with E-state index in [-0.39, 0.29) is 16.4 Å². The fraction of sp³-hybridized carbons (Fsp3) is 0.120. The van der Waals surface area contributed by atoms with Gasteiger partial charge in [-0.3, -0.25) is 9.10 Å². The Labute approximate surface area is 188 Å². The van der Waals surface area contributed by atoms with E-state index in [9.17, 15) is 13.2 Å². The molecule has 1 amide bonds. The second-order valence-electron chi connectivity index (χ2n) is 7.12. The molecule has 162 valence electrons. The van der Waals surface area contributed by atoms with Crippen LogP contribution in [0.4, 0.5) is 5.69 Å². The molecule has 0 aliphatic rings. The molecule has 0 aromatic heterocycles. The number of nitriles is 1. The van der Waals surface area contributed by atoms with Crippen LogP contribution in [0.3, 0.4) is 0 Å². The molecule has 3 rings (SSSR count). The van der Waals surface area contributed by atoms with Crippen molar-refractivity contribution in [1.29, 1.82) is 5.26 Å². The van der Waals surface area contributed by atoms with E-state index in [1.807, 2.05) is 6.07 Å². The molecule has 6 nitrogen and oxygen atoms in total. The number of hydrogen-bond donors (Lipinski definition) is 0. The quantitative estimate of drug-likeness (QED) is 0.487. The minimum Gasteiger partial charge on any atom is -0.331 e. The zero-order valence-corrected chi connectivity index (χ0v) is 18.5. The highest BCUT2D eigenvalue weighted by Crippen LogP contribution is 2.23. The summed E-state index contributed by atoms with van der Waals surface area (Å²) in [6.45, 7) is 4.31. The molecule has 0 saturated heterocycles. The van der Waals surface area contributed by atoms with Crippen LogP contribution in [-0.4, -0.2) is 32.8 Å². The average molecular weight is 446 g/mol. The van der Waals surface area contributed by atoms with Gasteiger partial charge in [0.15, 0.2) is 0 Å². The molecular formula is C25H23N3O3S. The molecule has 0 radical (unpaired) electrons. The number of sulfonamides is 1. The normalized spacial score (nSPS) is 10.8. The molecule has 7 heteroatoms. The van der Waals surface area contributed by atoms with Crippen LogP contribution in [0.1, 0.15) is 21.5 Å². The van der Waals surface area contributed by atoms with Gasteiger partial charge in [-0.2, -0.15) is 5.26 Å². The number of hydrogen-bond acceptors (Lipinski definition) is 4. The molecule has 0 fully saturated rings. The Kier molecular flexibility index (Phi) is 7.08. The first kappa shape index (κ1) is 22.8. The van der Waals surface area contributed by atoms with Crippen LogP contribution in [0.2, 0.25) is 0 Å². The van der Waals surface area contributed by atoms with Crippen LogP contribution in [0.5, 0.6) is 0 Å². The highest BCUT2D eigenvalue weighted by atomic mass is 32.2. The summed E-state index contributed by atoms with van der Waals surface area (Å²) in [5.74, 6) is -0.311. The lowest BCUT2D eigenvalue weighted by atomic mass is 10.1. The van der Waals surface area contributed by atoms with Gasteiger partial charge in [0.25, 0.3) is 15.9 Å². The van der Waals surface area contributed by atoms with E-state index in [1.165, 1.54) is 23.5 Å². The maximum Gasteiger partial charge on any atom is 0.264 e. The Morgan fingerprint density at radius 1 is 1.03 bits per heavy atom. The van der Waals surface area contributed by atoms with E-state index in [0.717, 1.165) is 5.56 Å². The topological polar surface area (TPSA) is 81.5 Å². The largest absolute Gasteiger partial charge is 0.331 e. The number of benzene rings is 3. The van der Waals surface area contributed by atoms with Crippen LogP contribution in [0, 0.1) is 11.3 Å². The monoisotopic (exact) mass is 445 g/mol. The van der Waals surface area contributed by atoms with Gasteiger partial charge < -0.3 is 4.90 Å². The zero-order valence-electron chi connectivity index (χ0n) is 17.7. The van der Waals surface area contributed by atoms with Crippen LogP contribution in [0.15, 0.2) is 96.4 Å². The number of carbonyl (C=O) groups is 1. The molecule has 3 aromatic carbocycles. The fourth-order valence-electron chi connectivity index (χ4n) is 3.19. The summed E-state index contributed by atoms with van der Waals surface area (Å²) in [7, 11) is -2.36. The van der Waals surface area contributed by atoms with Crippen molar-refractivity contribution >= 4 is 21.6 Å². The molecule has 0 bridgehead atoms. The molecule has 0 atom stereocenters. The number of amides is 1. The van der Waals surface area contributed by atoms with Crippen molar-refractivity contribution in [3.63, 3.8) is 0 Å². The lowest BCUT2D eigenvalue weighted by Gasteiger charge is -2.23. The average Bonchev–Trinajstić information content (AvgIpc) is 2.84. The Hall–Kier alpha value is -3.89. The molecular weight excluding hydrogens is 422 g/mol. The molecule has 0 aliphatic heterocycles. The van der Waals surface area contributed by atoms with Crippen molar-refractivity contribution in [1.82, 2.24) is 4.90 Å². The van der Waals surface area contributed by atoms with Gasteiger partial charge in [-0.15, -0.1) is 6.58 Å². The maximum atomic E-state index is 13.2. The van der Waals surface area contributed by atoms with E-state index >= 15 is 0 Å². The fourth-order valence-corrected chi connectivity index (χ4v) is 4.43. The maximum absolute atomic E-state index is 13.2. The number of anilines is 1. The Bertz CT molecular complexity index is 1250. The molecule has 0 spiro atoms. The SMILES string of the molecule is C=CCN(Cc1ccc(C#N)cc1)C(=O)c1cccc(S(=O)(=O)N(C)c2ccccc2)c1. The molecule has 0 unspecified atom stereocenters. The van der Waals surface area contributed by atoms with Gasteiger partial charge in [-0.05, 0) is 48.0 Å². The van der Waals surface area contributed by atoms with Gasteiger partial charge in [-0.25, -0.2) is 8.42 Å². The number of para-hydroxylation sites is 1. The minimum atomic E-state index is -3.84. The van der Waals surface area contributed by atoms with Gasteiger partial charge in [0.05, 0.1) is 22.2 Å². The van der Waals surface area contributed by atoms with E-state index in [4.69, 9.17) is 5.26 Å². The van der Waals surface area contributed by atoms with Gasteiger partial charge in [0.1, 0.15) is 0 Å². The van der Waals surface area contributed by atoms with Gasteiger partial charge >= 0.3 is 0 Å². The van der Waals surface area contributed by atoms with Crippen LogP contribution >= 0.6 is 0 Å². The Morgan fingerprint density at radius 2 is 1.72 bits per heavy atom. The Balaban J connectivity index is 1.88. The van der Waals surface area contributed by atoms with E-state index in [0.29, 0.717) is 24.3 Å². The summed E-state index contributed by atoms with van der Waals surface area (Å²) in [4.78, 5) is 14.8.